The predicted molar refractivity (Wildman–Crippen MR) is 103 cm³/mol. The van der Waals surface area contributed by atoms with Crippen LogP contribution in [0.3, 0.4) is 0 Å². The maximum Gasteiger partial charge on any atom is 0.416 e. The molecule has 1 heterocycles. The highest BCUT2D eigenvalue weighted by molar-refractivity contribution is 6.33. The van der Waals surface area contributed by atoms with E-state index < -0.39 is 17.6 Å². The van der Waals surface area contributed by atoms with E-state index in [1.54, 1.807) is 6.07 Å². The third-order valence-corrected chi connectivity index (χ3v) is 4.80. The summed E-state index contributed by atoms with van der Waals surface area (Å²) in [5.41, 5.74) is -0.0185. The summed E-state index contributed by atoms with van der Waals surface area (Å²) in [6.45, 7) is 8.83. The number of amides is 1. The van der Waals surface area contributed by atoms with Gasteiger partial charge in [-0.25, -0.2) is 0 Å². The average Bonchev–Trinajstić information content (AvgIpc) is 2.88. The van der Waals surface area contributed by atoms with Crippen molar-refractivity contribution < 1.29 is 18.0 Å². The first kappa shape index (κ1) is 22.3. The molecule has 0 fully saturated rings. The van der Waals surface area contributed by atoms with Crippen LogP contribution < -0.4 is 5.49 Å². The largest absolute Gasteiger partial charge is 0.416 e. The van der Waals surface area contributed by atoms with Crippen LogP contribution in [-0.4, -0.2) is 15.3 Å². The Kier molecular flexibility index (Phi) is 6.48. The molecular weight excluding hydrogens is 391 g/mol. The van der Waals surface area contributed by atoms with Gasteiger partial charge in [0.25, 0.3) is 5.91 Å². The van der Waals surface area contributed by atoms with E-state index in [0.29, 0.717) is 12.0 Å². The van der Waals surface area contributed by atoms with Crippen LogP contribution in [0.4, 0.5) is 13.2 Å². The van der Waals surface area contributed by atoms with Gasteiger partial charge in [-0.05, 0) is 24.6 Å². The van der Waals surface area contributed by atoms with Crippen LogP contribution >= 0.6 is 11.6 Å². The molecule has 4 nitrogen and oxygen atoms in total. The Morgan fingerprint density at radius 2 is 1.82 bits per heavy atom. The fourth-order valence-corrected chi connectivity index (χ4v) is 3.17. The number of nitrogens with zero attached hydrogens (tertiary/aromatic N) is 3. The lowest BCUT2D eigenvalue weighted by atomic mass is 9.92. The van der Waals surface area contributed by atoms with Crippen molar-refractivity contribution >= 4 is 17.5 Å². The molecule has 2 aromatic rings. The number of unbranched alkanes of at least 4 members (excludes halogenated alkanes) is 1. The van der Waals surface area contributed by atoms with Crippen LogP contribution in [0.1, 0.15) is 62.2 Å². The first-order valence-corrected chi connectivity index (χ1v) is 9.47. The van der Waals surface area contributed by atoms with E-state index in [1.165, 1.54) is 0 Å². The van der Waals surface area contributed by atoms with Crippen LogP contribution in [0.25, 0.3) is 0 Å². The summed E-state index contributed by atoms with van der Waals surface area (Å²) in [7, 11) is 1.89. The number of carbonyl (C=O) groups excluding carboxylic acids is 1. The van der Waals surface area contributed by atoms with Crippen LogP contribution in [0.5, 0.6) is 0 Å². The van der Waals surface area contributed by atoms with Gasteiger partial charge in [0, 0.05) is 30.8 Å². The van der Waals surface area contributed by atoms with E-state index in [-0.39, 0.29) is 16.0 Å². The molecule has 0 saturated carbocycles. The van der Waals surface area contributed by atoms with Gasteiger partial charge in [-0.3, -0.25) is 14.2 Å². The van der Waals surface area contributed by atoms with Crippen molar-refractivity contribution in [3.05, 3.63) is 51.6 Å². The number of benzene rings is 1. The quantitative estimate of drug-likeness (QED) is 0.664. The summed E-state index contributed by atoms with van der Waals surface area (Å²) in [6, 6.07) is 4.47. The highest BCUT2D eigenvalue weighted by Crippen LogP contribution is 2.32. The van der Waals surface area contributed by atoms with Gasteiger partial charge in [-0.2, -0.15) is 18.2 Å². The lowest BCUT2D eigenvalue weighted by molar-refractivity contribution is -0.137. The Balaban J connectivity index is 2.60. The third-order valence-electron chi connectivity index (χ3n) is 4.47. The lowest BCUT2D eigenvalue weighted by Gasteiger charge is -2.20. The Bertz CT molecular complexity index is 934. The third kappa shape index (κ3) is 4.87. The molecule has 2 rings (SSSR count). The number of hydrogen-bond acceptors (Lipinski definition) is 1. The van der Waals surface area contributed by atoms with E-state index >= 15 is 0 Å². The van der Waals surface area contributed by atoms with Gasteiger partial charge in [0.1, 0.15) is 0 Å². The molecule has 0 spiro atoms. The maximum absolute atomic E-state index is 13.0. The SMILES string of the molecule is CCCCn1/c(=N/C(=O)c2cc(C(F)(F)F)ccc2Cl)cc(C(C)(C)C)n1C. The molecule has 0 aliphatic rings. The van der Waals surface area contributed by atoms with Crippen molar-refractivity contribution in [2.24, 2.45) is 12.0 Å². The normalized spacial score (nSPS) is 13.2. The first-order valence-electron chi connectivity index (χ1n) is 9.09. The van der Waals surface area contributed by atoms with Crippen molar-refractivity contribution in [2.75, 3.05) is 0 Å². The van der Waals surface area contributed by atoms with Gasteiger partial charge in [-0.1, -0.05) is 45.7 Å². The molecule has 0 aliphatic heterocycles. The summed E-state index contributed by atoms with van der Waals surface area (Å²) in [5.74, 6) is -0.799. The van der Waals surface area contributed by atoms with Gasteiger partial charge in [0.05, 0.1) is 16.1 Å². The summed E-state index contributed by atoms with van der Waals surface area (Å²) in [6.07, 6.45) is -2.73. The zero-order valence-corrected chi connectivity index (χ0v) is 17.4. The first-order chi connectivity index (χ1) is 12.9. The monoisotopic (exact) mass is 415 g/mol. The van der Waals surface area contributed by atoms with Gasteiger partial charge in [0.2, 0.25) is 0 Å². The zero-order valence-electron chi connectivity index (χ0n) is 16.7. The summed E-state index contributed by atoms with van der Waals surface area (Å²) >= 11 is 5.98. The molecule has 1 aromatic heterocycles. The molecular formula is C20H25ClF3N3O. The number of alkyl halides is 3. The summed E-state index contributed by atoms with van der Waals surface area (Å²) < 4.78 is 42.8. The number of carbonyl (C=O) groups is 1. The van der Waals surface area contributed by atoms with Crippen LogP contribution in [0.2, 0.25) is 5.02 Å². The van der Waals surface area contributed by atoms with Crippen molar-refractivity contribution in [3.63, 3.8) is 0 Å². The molecule has 0 bridgehead atoms. The van der Waals surface area contributed by atoms with E-state index in [1.807, 2.05) is 37.2 Å². The standard InChI is InChI=1S/C20H25ClF3N3O/c1-6-7-10-27-17(12-16(26(27)5)19(2,3)4)25-18(28)14-11-13(20(22,23)24)8-9-15(14)21/h8-9,11-12H,6-7,10H2,1-5H3/b25-17+. The summed E-state index contributed by atoms with van der Waals surface area (Å²) in [4.78, 5) is 16.8. The maximum atomic E-state index is 13.0. The molecule has 0 saturated heterocycles. The van der Waals surface area contributed by atoms with Crippen LogP contribution in [0, 0.1) is 0 Å². The molecule has 0 radical (unpaired) electrons. The molecule has 0 aliphatic carbocycles. The van der Waals surface area contributed by atoms with E-state index in [0.717, 1.165) is 36.7 Å². The van der Waals surface area contributed by atoms with Crippen molar-refractivity contribution in [1.82, 2.24) is 9.36 Å². The smallest absolute Gasteiger partial charge is 0.291 e. The summed E-state index contributed by atoms with van der Waals surface area (Å²) in [5, 5.41) is -0.0613. The van der Waals surface area contributed by atoms with Crippen LogP contribution in [-0.2, 0) is 25.2 Å². The minimum atomic E-state index is -4.56. The number of aromatic nitrogens is 2. The van der Waals surface area contributed by atoms with E-state index in [2.05, 4.69) is 11.9 Å². The molecule has 1 amide bonds. The Hall–Kier alpha value is -2.02. The number of rotatable bonds is 4. The van der Waals surface area contributed by atoms with Crippen LogP contribution in [0.15, 0.2) is 29.3 Å². The van der Waals surface area contributed by atoms with Crippen molar-refractivity contribution in [3.8, 4) is 0 Å². The second kappa shape index (κ2) is 8.15. The Morgan fingerprint density at radius 1 is 1.18 bits per heavy atom. The molecule has 28 heavy (non-hydrogen) atoms. The number of hydrogen-bond donors (Lipinski definition) is 0. The highest BCUT2D eigenvalue weighted by atomic mass is 35.5. The second-order valence-electron chi connectivity index (χ2n) is 7.75. The molecule has 0 unspecified atom stereocenters. The Labute approximate surface area is 167 Å². The molecule has 1 aromatic carbocycles. The van der Waals surface area contributed by atoms with Gasteiger partial charge in [0.15, 0.2) is 5.49 Å². The highest BCUT2D eigenvalue weighted by Gasteiger charge is 2.31. The molecule has 0 N–H and O–H groups in total. The number of halogens is 4. The van der Waals surface area contributed by atoms with Gasteiger partial charge >= 0.3 is 6.18 Å². The van der Waals surface area contributed by atoms with Crippen molar-refractivity contribution in [1.29, 1.82) is 0 Å². The van der Waals surface area contributed by atoms with Crippen molar-refractivity contribution in [2.45, 2.75) is 58.7 Å². The molecule has 8 heteroatoms. The van der Waals surface area contributed by atoms with Gasteiger partial charge in [-0.15, -0.1) is 0 Å². The Morgan fingerprint density at radius 3 is 2.36 bits per heavy atom. The van der Waals surface area contributed by atoms with Gasteiger partial charge < -0.3 is 0 Å². The lowest BCUT2D eigenvalue weighted by Crippen LogP contribution is -2.25. The average molecular weight is 416 g/mol. The van der Waals surface area contributed by atoms with E-state index in [9.17, 15) is 18.0 Å². The fourth-order valence-electron chi connectivity index (χ4n) is 2.97. The molecule has 0 atom stereocenters. The predicted octanol–water partition coefficient (Wildman–Crippen LogP) is 5.34. The minimum Gasteiger partial charge on any atom is -0.291 e. The van der Waals surface area contributed by atoms with E-state index in [4.69, 9.17) is 11.6 Å². The topological polar surface area (TPSA) is 39.3 Å². The molecule has 154 valence electrons. The second-order valence-corrected chi connectivity index (χ2v) is 8.15. The minimum absolute atomic E-state index is 0.0613. The fraction of sp³-hybridized carbons (Fsp3) is 0.500. The zero-order chi connectivity index (χ0) is 21.3.